The second-order valence-electron chi connectivity index (χ2n) is 5.73. The summed E-state index contributed by atoms with van der Waals surface area (Å²) in [5, 5.41) is 4.08. The third-order valence-electron chi connectivity index (χ3n) is 4.06. The Hall–Kier alpha value is -1.95. The molecule has 0 aromatic carbocycles. The maximum absolute atomic E-state index is 12.3. The average molecular weight is 317 g/mol. The van der Waals surface area contributed by atoms with Crippen molar-refractivity contribution >= 4 is 17.2 Å². The number of carbonyl (C=O) groups excluding carboxylic acids is 1. The molecule has 0 aliphatic heterocycles. The molecular weight excluding hydrogens is 298 g/mol. The van der Waals surface area contributed by atoms with Crippen LogP contribution in [0.5, 0.6) is 0 Å². The van der Waals surface area contributed by atoms with Crippen molar-refractivity contribution in [3.8, 4) is 0 Å². The number of rotatable bonds is 3. The quantitative estimate of drug-likeness (QED) is 0.912. The van der Waals surface area contributed by atoms with Crippen LogP contribution in [0.2, 0.25) is 0 Å². The van der Waals surface area contributed by atoms with Gasteiger partial charge >= 0.3 is 0 Å². The van der Waals surface area contributed by atoms with Crippen LogP contribution in [0.3, 0.4) is 0 Å². The van der Waals surface area contributed by atoms with Gasteiger partial charge in [0, 0.05) is 29.6 Å². The van der Waals surface area contributed by atoms with Crippen molar-refractivity contribution in [3.05, 3.63) is 49.3 Å². The monoisotopic (exact) mass is 317 g/mol. The van der Waals surface area contributed by atoms with E-state index in [4.69, 9.17) is 0 Å². The summed E-state index contributed by atoms with van der Waals surface area (Å²) in [7, 11) is 0. The van der Waals surface area contributed by atoms with E-state index in [1.54, 1.807) is 18.3 Å². The third-order valence-corrected chi connectivity index (χ3v) is 5.11. The van der Waals surface area contributed by atoms with Gasteiger partial charge in [-0.2, -0.15) is 0 Å². The highest BCUT2D eigenvalue weighted by molar-refractivity contribution is 7.11. The molecule has 2 aromatic heterocycles. The van der Waals surface area contributed by atoms with Crippen LogP contribution in [0.25, 0.3) is 0 Å². The number of aryl methyl sites for hydroxylation is 3. The highest BCUT2D eigenvalue weighted by Crippen LogP contribution is 2.34. The van der Waals surface area contributed by atoms with Gasteiger partial charge in [0.25, 0.3) is 5.91 Å². The Labute approximate surface area is 132 Å². The van der Waals surface area contributed by atoms with Crippen LogP contribution in [0.1, 0.15) is 50.3 Å². The number of aromatic amines is 1. The van der Waals surface area contributed by atoms with Gasteiger partial charge in [0.2, 0.25) is 5.56 Å². The average Bonchev–Trinajstić information content (AvgIpc) is 2.85. The number of fused-ring (bicyclic) bond motifs is 1. The number of pyridine rings is 1. The first kappa shape index (κ1) is 15.0. The molecule has 6 heteroatoms. The Morgan fingerprint density at radius 2 is 2.32 bits per heavy atom. The Morgan fingerprint density at radius 1 is 1.50 bits per heavy atom. The minimum Gasteiger partial charge on any atom is -0.351 e. The van der Waals surface area contributed by atoms with Crippen LogP contribution in [-0.2, 0) is 6.42 Å². The summed E-state index contributed by atoms with van der Waals surface area (Å²) < 4.78 is 0. The molecule has 0 saturated heterocycles. The Kier molecular flexibility index (Phi) is 4.11. The van der Waals surface area contributed by atoms with Gasteiger partial charge in [-0.1, -0.05) is 0 Å². The second kappa shape index (κ2) is 6.04. The Balaban J connectivity index is 1.70. The van der Waals surface area contributed by atoms with Gasteiger partial charge < -0.3 is 10.3 Å². The molecule has 1 amide bonds. The first-order valence-corrected chi connectivity index (χ1v) is 8.30. The van der Waals surface area contributed by atoms with Gasteiger partial charge in [0.05, 0.1) is 16.3 Å². The summed E-state index contributed by atoms with van der Waals surface area (Å²) in [6.45, 7) is 4.39. The minimum absolute atomic E-state index is 0.146. The van der Waals surface area contributed by atoms with E-state index in [0.717, 1.165) is 30.0 Å². The molecule has 0 saturated carbocycles. The van der Waals surface area contributed by atoms with E-state index in [1.807, 2.05) is 6.92 Å². The largest absolute Gasteiger partial charge is 0.351 e. The van der Waals surface area contributed by atoms with E-state index in [2.05, 4.69) is 15.3 Å². The molecule has 0 fully saturated rings. The number of nitrogens with zero attached hydrogens (tertiary/aromatic N) is 1. The molecule has 116 valence electrons. The molecule has 1 aliphatic carbocycles. The highest BCUT2D eigenvalue weighted by Gasteiger charge is 2.24. The van der Waals surface area contributed by atoms with Gasteiger partial charge in [-0.3, -0.25) is 9.59 Å². The van der Waals surface area contributed by atoms with Gasteiger partial charge in [0.15, 0.2) is 0 Å². The number of thiazole rings is 1. The molecular formula is C16H19N3O2S. The second-order valence-corrected chi connectivity index (χ2v) is 7.02. The van der Waals surface area contributed by atoms with Crippen molar-refractivity contribution in [1.29, 1.82) is 0 Å². The fourth-order valence-corrected chi connectivity index (χ4v) is 4.02. The first-order chi connectivity index (χ1) is 10.5. The molecule has 0 unspecified atom stereocenters. The van der Waals surface area contributed by atoms with Crippen LogP contribution in [0.4, 0.5) is 0 Å². The van der Waals surface area contributed by atoms with E-state index in [-0.39, 0.29) is 11.5 Å². The number of hydrogen-bond acceptors (Lipinski definition) is 4. The Bertz CT molecular complexity index is 763. The van der Waals surface area contributed by atoms with E-state index in [9.17, 15) is 9.59 Å². The van der Waals surface area contributed by atoms with Crippen LogP contribution in [-0.4, -0.2) is 22.4 Å². The van der Waals surface area contributed by atoms with Gasteiger partial charge in [0.1, 0.15) is 0 Å². The summed E-state index contributed by atoms with van der Waals surface area (Å²) in [6, 6.07) is 1.44. The SMILES string of the molecule is Cc1nc2c(s1)CCC[C@@H]2CNC(=O)c1c[nH]c(=O)cc1C. The summed E-state index contributed by atoms with van der Waals surface area (Å²) in [6.07, 6.45) is 4.78. The zero-order valence-corrected chi connectivity index (χ0v) is 13.5. The molecule has 1 aliphatic rings. The predicted molar refractivity (Wildman–Crippen MR) is 86.7 cm³/mol. The summed E-state index contributed by atoms with van der Waals surface area (Å²) >= 11 is 1.77. The molecule has 0 radical (unpaired) electrons. The predicted octanol–water partition coefficient (Wildman–Crippen LogP) is 2.30. The number of carbonyl (C=O) groups is 1. The first-order valence-electron chi connectivity index (χ1n) is 7.48. The lowest BCUT2D eigenvalue weighted by Crippen LogP contribution is -2.31. The van der Waals surface area contributed by atoms with Crippen LogP contribution >= 0.6 is 11.3 Å². The van der Waals surface area contributed by atoms with Crippen molar-refractivity contribution in [3.63, 3.8) is 0 Å². The third kappa shape index (κ3) is 2.97. The normalized spacial score (nSPS) is 17.1. The zero-order valence-electron chi connectivity index (χ0n) is 12.7. The van der Waals surface area contributed by atoms with Gasteiger partial charge in [-0.25, -0.2) is 4.98 Å². The standard InChI is InChI=1S/C16H19N3O2S/c1-9-6-14(20)17-8-12(9)16(21)18-7-11-4-3-5-13-15(11)19-10(2)22-13/h6,8,11H,3-5,7H2,1-2H3,(H,17,20)(H,18,21)/t11-/m1/s1. The fraction of sp³-hybridized carbons (Fsp3) is 0.438. The van der Waals surface area contributed by atoms with E-state index in [0.29, 0.717) is 23.6 Å². The highest BCUT2D eigenvalue weighted by atomic mass is 32.1. The van der Waals surface area contributed by atoms with Crippen molar-refractivity contribution in [2.75, 3.05) is 6.54 Å². The van der Waals surface area contributed by atoms with E-state index in [1.165, 1.54) is 17.1 Å². The van der Waals surface area contributed by atoms with Gasteiger partial charge in [-0.05, 0) is 38.7 Å². The maximum Gasteiger partial charge on any atom is 0.253 e. The molecule has 2 aromatic rings. The lowest BCUT2D eigenvalue weighted by atomic mass is 9.91. The molecule has 3 rings (SSSR count). The molecule has 0 spiro atoms. The zero-order chi connectivity index (χ0) is 15.7. The summed E-state index contributed by atoms with van der Waals surface area (Å²) in [5.74, 6) is 0.147. The van der Waals surface area contributed by atoms with Crippen molar-refractivity contribution < 1.29 is 4.79 Å². The van der Waals surface area contributed by atoms with E-state index < -0.39 is 0 Å². The summed E-state index contributed by atoms with van der Waals surface area (Å²) in [4.78, 5) is 32.0. The minimum atomic E-state index is -0.191. The number of aromatic nitrogens is 2. The molecule has 2 N–H and O–H groups in total. The van der Waals surface area contributed by atoms with Crippen LogP contribution < -0.4 is 10.9 Å². The number of hydrogen-bond donors (Lipinski definition) is 2. The van der Waals surface area contributed by atoms with Crippen LogP contribution in [0.15, 0.2) is 17.1 Å². The van der Waals surface area contributed by atoms with Crippen molar-refractivity contribution in [2.45, 2.75) is 39.0 Å². The molecule has 0 bridgehead atoms. The molecule has 2 heterocycles. The van der Waals surface area contributed by atoms with Crippen molar-refractivity contribution in [2.24, 2.45) is 0 Å². The van der Waals surface area contributed by atoms with Crippen molar-refractivity contribution in [1.82, 2.24) is 15.3 Å². The lowest BCUT2D eigenvalue weighted by Gasteiger charge is -2.21. The Morgan fingerprint density at radius 3 is 3.09 bits per heavy atom. The maximum atomic E-state index is 12.3. The van der Waals surface area contributed by atoms with Crippen LogP contribution in [0, 0.1) is 13.8 Å². The lowest BCUT2D eigenvalue weighted by molar-refractivity contribution is 0.0949. The molecule has 22 heavy (non-hydrogen) atoms. The number of amides is 1. The van der Waals surface area contributed by atoms with Gasteiger partial charge in [-0.15, -0.1) is 11.3 Å². The fourth-order valence-electron chi connectivity index (χ4n) is 2.96. The summed E-state index contributed by atoms with van der Waals surface area (Å²) in [5.41, 5.74) is 2.18. The number of H-pyrrole nitrogens is 1. The van der Waals surface area contributed by atoms with E-state index >= 15 is 0 Å². The number of nitrogens with one attached hydrogen (secondary N) is 2. The topological polar surface area (TPSA) is 74.8 Å². The molecule has 1 atom stereocenters. The smallest absolute Gasteiger partial charge is 0.253 e. The molecule has 5 nitrogen and oxygen atoms in total.